The van der Waals surface area contributed by atoms with Gasteiger partial charge >= 0.3 is 0 Å². The van der Waals surface area contributed by atoms with Gasteiger partial charge in [-0.2, -0.15) is 0 Å². The van der Waals surface area contributed by atoms with E-state index in [-0.39, 0.29) is 11.8 Å². The van der Waals surface area contributed by atoms with Gasteiger partial charge in [-0.1, -0.05) is 43.7 Å². The summed E-state index contributed by atoms with van der Waals surface area (Å²) in [6.07, 6.45) is 0.834. The van der Waals surface area contributed by atoms with Crippen LogP contribution < -0.4 is 5.32 Å². The van der Waals surface area contributed by atoms with Crippen LogP contribution in [0.15, 0.2) is 24.3 Å². The van der Waals surface area contributed by atoms with Crippen molar-refractivity contribution in [1.29, 1.82) is 0 Å². The molecule has 82 valence electrons. The molecule has 0 aromatic heterocycles. The molecular weight excluding hydrogens is 186 g/mol. The lowest BCUT2D eigenvalue weighted by Crippen LogP contribution is -2.35. The summed E-state index contributed by atoms with van der Waals surface area (Å²) in [7, 11) is 0. The number of likely N-dealkylation sites (N-methyl/N-ethyl adjacent to an activating group) is 1. The van der Waals surface area contributed by atoms with Crippen molar-refractivity contribution in [3.8, 4) is 0 Å². The molecule has 1 atom stereocenters. The van der Waals surface area contributed by atoms with Crippen LogP contribution in [0.4, 0.5) is 0 Å². The second kappa shape index (κ2) is 5.66. The number of benzene rings is 1. The van der Waals surface area contributed by atoms with Crippen LogP contribution >= 0.6 is 0 Å². The second-order valence-corrected chi connectivity index (χ2v) is 3.75. The fourth-order valence-electron chi connectivity index (χ4n) is 1.59. The maximum atomic E-state index is 12.0. The van der Waals surface area contributed by atoms with Gasteiger partial charge in [-0.15, -0.1) is 0 Å². The third-order valence-electron chi connectivity index (χ3n) is 2.51. The Hall–Kier alpha value is -1.15. The maximum Gasteiger partial charge on any atom is 0.179 e. The zero-order valence-corrected chi connectivity index (χ0v) is 9.71. The van der Waals surface area contributed by atoms with E-state index in [0.29, 0.717) is 0 Å². The molecule has 0 saturated carbocycles. The fraction of sp³-hybridized carbons (Fsp3) is 0.462. The summed E-state index contributed by atoms with van der Waals surface area (Å²) in [6, 6.07) is 7.71. The number of hydrogen-bond donors (Lipinski definition) is 1. The van der Waals surface area contributed by atoms with Crippen LogP contribution in [0.3, 0.4) is 0 Å². The summed E-state index contributed by atoms with van der Waals surface area (Å²) in [5.74, 6) is 0.194. The van der Waals surface area contributed by atoms with E-state index >= 15 is 0 Å². The van der Waals surface area contributed by atoms with Gasteiger partial charge in [0.15, 0.2) is 5.78 Å². The van der Waals surface area contributed by atoms with Crippen molar-refractivity contribution in [2.24, 2.45) is 0 Å². The molecule has 0 saturated heterocycles. The number of Topliss-reactive ketones (excluding diaryl/α,β-unsaturated/α-hetero) is 1. The molecule has 2 heteroatoms. The highest BCUT2D eigenvalue weighted by Gasteiger charge is 2.16. The van der Waals surface area contributed by atoms with E-state index in [2.05, 4.69) is 5.32 Å². The third kappa shape index (κ3) is 3.17. The largest absolute Gasteiger partial charge is 0.307 e. The monoisotopic (exact) mass is 205 g/mol. The fourth-order valence-corrected chi connectivity index (χ4v) is 1.59. The van der Waals surface area contributed by atoms with Gasteiger partial charge in [0.25, 0.3) is 0 Å². The molecule has 1 aromatic carbocycles. The summed E-state index contributed by atoms with van der Waals surface area (Å²) in [5, 5.41) is 3.20. The van der Waals surface area contributed by atoms with Crippen LogP contribution in [-0.2, 0) is 0 Å². The number of rotatable bonds is 5. The highest BCUT2D eigenvalue weighted by atomic mass is 16.1. The molecule has 0 aliphatic carbocycles. The smallest absolute Gasteiger partial charge is 0.179 e. The second-order valence-electron chi connectivity index (χ2n) is 3.75. The van der Waals surface area contributed by atoms with Crippen LogP contribution in [0.1, 0.15) is 36.2 Å². The lowest BCUT2D eigenvalue weighted by Gasteiger charge is -2.14. The van der Waals surface area contributed by atoms with E-state index in [9.17, 15) is 4.79 Å². The quantitative estimate of drug-likeness (QED) is 0.748. The topological polar surface area (TPSA) is 29.1 Å². The minimum Gasteiger partial charge on any atom is -0.307 e. The van der Waals surface area contributed by atoms with Crippen molar-refractivity contribution >= 4 is 5.78 Å². The molecule has 15 heavy (non-hydrogen) atoms. The summed E-state index contributed by atoms with van der Waals surface area (Å²) < 4.78 is 0. The van der Waals surface area contributed by atoms with Crippen molar-refractivity contribution in [3.63, 3.8) is 0 Å². The van der Waals surface area contributed by atoms with Gasteiger partial charge in [-0.3, -0.25) is 4.79 Å². The maximum absolute atomic E-state index is 12.0. The van der Waals surface area contributed by atoms with Gasteiger partial charge in [0.1, 0.15) is 0 Å². The SMILES string of the molecule is CCNC(CC)C(=O)c1ccc(C)cc1. The molecule has 2 nitrogen and oxygen atoms in total. The first-order valence-corrected chi connectivity index (χ1v) is 5.53. The summed E-state index contributed by atoms with van der Waals surface area (Å²) in [4.78, 5) is 12.0. The van der Waals surface area contributed by atoms with E-state index in [0.717, 1.165) is 18.5 Å². The molecule has 1 aromatic rings. The minimum absolute atomic E-state index is 0.0438. The van der Waals surface area contributed by atoms with Crippen molar-refractivity contribution < 1.29 is 4.79 Å². The molecule has 1 rings (SSSR count). The lowest BCUT2D eigenvalue weighted by atomic mass is 10.0. The molecule has 0 radical (unpaired) electrons. The molecule has 0 fully saturated rings. The van der Waals surface area contributed by atoms with Gasteiger partial charge in [0.05, 0.1) is 6.04 Å². The number of nitrogens with one attached hydrogen (secondary N) is 1. The highest BCUT2D eigenvalue weighted by Crippen LogP contribution is 2.08. The first kappa shape index (κ1) is 11.9. The number of carbonyl (C=O) groups excluding carboxylic acids is 1. The third-order valence-corrected chi connectivity index (χ3v) is 2.51. The average molecular weight is 205 g/mol. The predicted octanol–water partition coefficient (Wildman–Crippen LogP) is 2.57. The first-order valence-electron chi connectivity index (χ1n) is 5.53. The van der Waals surface area contributed by atoms with Crippen LogP contribution in [-0.4, -0.2) is 18.4 Å². The van der Waals surface area contributed by atoms with E-state index in [1.54, 1.807) is 0 Å². The van der Waals surface area contributed by atoms with E-state index in [1.807, 2.05) is 45.0 Å². The van der Waals surface area contributed by atoms with Gasteiger partial charge in [-0.05, 0) is 19.9 Å². The minimum atomic E-state index is -0.0438. The van der Waals surface area contributed by atoms with Crippen molar-refractivity contribution in [2.75, 3.05) is 6.54 Å². The Morgan fingerprint density at radius 3 is 2.33 bits per heavy atom. The Balaban J connectivity index is 2.78. The van der Waals surface area contributed by atoms with E-state index in [1.165, 1.54) is 5.56 Å². The highest BCUT2D eigenvalue weighted by molar-refractivity contribution is 6.00. The normalized spacial score (nSPS) is 12.5. The van der Waals surface area contributed by atoms with Gasteiger partial charge in [0, 0.05) is 5.56 Å². The molecule has 1 unspecified atom stereocenters. The van der Waals surface area contributed by atoms with Crippen molar-refractivity contribution in [2.45, 2.75) is 33.2 Å². The zero-order valence-electron chi connectivity index (χ0n) is 9.71. The Morgan fingerprint density at radius 2 is 1.87 bits per heavy atom. The van der Waals surface area contributed by atoms with Gasteiger partial charge in [-0.25, -0.2) is 0 Å². The molecular formula is C13H19NO. The van der Waals surface area contributed by atoms with Crippen LogP contribution in [0, 0.1) is 6.92 Å². The van der Waals surface area contributed by atoms with Gasteiger partial charge < -0.3 is 5.32 Å². The van der Waals surface area contributed by atoms with Crippen molar-refractivity contribution in [1.82, 2.24) is 5.32 Å². The van der Waals surface area contributed by atoms with E-state index in [4.69, 9.17) is 0 Å². The first-order chi connectivity index (χ1) is 7.19. The molecule has 0 amide bonds. The Labute approximate surface area is 91.7 Å². The summed E-state index contributed by atoms with van der Waals surface area (Å²) in [6.45, 7) is 6.90. The Bertz CT molecular complexity index is 316. The molecule has 0 spiro atoms. The molecule has 0 aliphatic rings. The molecule has 0 heterocycles. The van der Waals surface area contributed by atoms with Crippen LogP contribution in [0.5, 0.6) is 0 Å². The number of carbonyl (C=O) groups is 1. The lowest BCUT2D eigenvalue weighted by molar-refractivity contribution is 0.0941. The Kier molecular flexibility index (Phi) is 4.50. The number of ketones is 1. The predicted molar refractivity (Wildman–Crippen MR) is 63.3 cm³/mol. The molecule has 1 N–H and O–H groups in total. The molecule has 0 aliphatic heterocycles. The van der Waals surface area contributed by atoms with E-state index < -0.39 is 0 Å². The number of aryl methyl sites for hydroxylation is 1. The van der Waals surface area contributed by atoms with Crippen molar-refractivity contribution in [3.05, 3.63) is 35.4 Å². The number of hydrogen-bond acceptors (Lipinski definition) is 2. The summed E-state index contributed by atoms with van der Waals surface area (Å²) >= 11 is 0. The molecule has 0 bridgehead atoms. The Morgan fingerprint density at radius 1 is 1.27 bits per heavy atom. The standard InChI is InChI=1S/C13H19NO/c1-4-12(14-5-2)13(15)11-8-6-10(3)7-9-11/h6-9,12,14H,4-5H2,1-3H3. The zero-order chi connectivity index (χ0) is 11.3. The summed E-state index contributed by atoms with van der Waals surface area (Å²) in [5.41, 5.74) is 1.98. The van der Waals surface area contributed by atoms with Gasteiger partial charge in [0.2, 0.25) is 0 Å². The average Bonchev–Trinajstić information content (AvgIpc) is 2.26. The van der Waals surface area contributed by atoms with Crippen LogP contribution in [0.25, 0.3) is 0 Å². The van der Waals surface area contributed by atoms with Crippen LogP contribution in [0.2, 0.25) is 0 Å².